The monoisotopic (exact) mass is 414 g/mol. The molecule has 1 amide bonds. The zero-order valence-corrected chi connectivity index (χ0v) is 17.2. The Kier molecular flexibility index (Phi) is 8.42. The molecule has 1 aromatic rings. The van der Waals surface area contributed by atoms with Crippen LogP contribution in [0.1, 0.15) is 44.0 Å². The molecule has 0 atom stereocenters. The summed E-state index contributed by atoms with van der Waals surface area (Å²) in [5.41, 5.74) is 0.0228. The van der Waals surface area contributed by atoms with E-state index in [9.17, 15) is 22.8 Å². The molecule has 0 aliphatic rings. The van der Waals surface area contributed by atoms with Crippen molar-refractivity contribution in [3.05, 3.63) is 29.8 Å². The van der Waals surface area contributed by atoms with Gasteiger partial charge in [-0.25, -0.2) is 13.2 Å². The standard InChI is InChI=1S/C18H26N2O7S/c1-18(2,3)27-17(23)19-11-5-6-16(22)26-12-15(21)13-7-9-14(10-8-13)20-28(4,24)25/h7-10,20H,5-6,11-12H2,1-4H3,(H,19,23). The molecule has 0 fully saturated rings. The number of carbonyl (C=O) groups excluding carboxylic acids is 3. The predicted octanol–water partition coefficient (Wildman–Crippen LogP) is 2.09. The highest BCUT2D eigenvalue weighted by molar-refractivity contribution is 7.92. The van der Waals surface area contributed by atoms with E-state index >= 15 is 0 Å². The van der Waals surface area contributed by atoms with Crippen molar-refractivity contribution in [1.82, 2.24) is 5.32 Å². The quantitative estimate of drug-likeness (QED) is 0.360. The lowest BCUT2D eigenvalue weighted by molar-refractivity contribution is -0.142. The van der Waals surface area contributed by atoms with Gasteiger partial charge in [-0.05, 0) is 51.5 Å². The summed E-state index contributed by atoms with van der Waals surface area (Å²) in [4.78, 5) is 35.1. The first kappa shape index (κ1) is 23.4. The van der Waals surface area contributed by atoms with Crippen molar-refractivity contribution < 1.29 is 32.3 Å². The highest BCUT2D eigenvalue weighted by atomic mass is 32.2. The summed E-state index contributed by atoms with van der Waals surface area (Å²) in [6, 6.07) is 5.76. The number of esters is 1. The molecule has 9 nitrogen and oxygen atoms in total. The van der Waals surface area contributed by atoms with Gasteiger partial charge in [-0.2, -0.15) is 0 Å². The molecule has 0 aliphatic heterocycles. The van der Waals surface area contributed by atoms with E-state index < -0.39 is 40.1 Å². The van der Waals surface area contributed by atoms with Gasteiger partial charge in [0, 0.05) is 24.2 Å². The molecule has 0 spiro atoms. The van der Waals surface area contributed by atoms with Crippen molar-refractivity contribution in [2.24, 2.45) is 0 Å². The molecule has 1 rings (SSSR count). The lowest BCUT2D eigenvalue weighted by atomic mass is 10.1. The number of hydrogen-bond donors (Lipinski definition) is 2. The van der Waals surface area contributed by atoms with Gasteiger partial charge < -0.3 is 14.8 Å². The van der Waals surface area contributed by atoms with E-state index in [1.807, 2.05) is 0 Å². The number of hydrogen-bond acceptors (Lipinski definition) is 7. The Morgan fingerprint density at radius 2 is 1.68 bits per heavy atom. The minimum absolute atomic E-state index is 0.0420. The van der Waals surface area contributed by atoms with Crippen LogP contribution in [0.5, 0.6) is 0 Å². The van der Waals surface area contributed by atoms with Gasteiger partial charge in [0.15, 0.2) is 12.4 Å². The Morgan fingerprint density at radius 3 is 2.21 bits per heavy atom. The maximum Gasteiger partial charge on any atom is 0.407 e. The number of benzene rings is 1. The van der Waals surface area contributed by atoms with Crippen LogP contribution in [0.15, 0.2) is 24.3 Å². The largest absolute Gasteiger partial charge is 0.457 e. The van der Waals surface area contributed by atoms with Crippen LogP contribution in [0.25, 0.3) is 0 Å². The molecule has 0 radical (unpaired) electrons. The van der Waals surface area contributed by atoms with E-state index in [1.54, 1.807) is 20.8 Å². The van der Waals surface area contributed by atoms with Gasteiger partial charge in [-0.15, -0.1) is 0 Å². The van der Waals surface area contributed by atoms with Crippen LogP contribution < -0.4 is 10.0 Å². The van der Waals surface area contributed by atoms with E-state index in [4.69, 9.17) is 9.47 Å². The summed E-state index contributed by atoms with van der Waals surface area (Å²) in [7, 11) is -3.40. The molecule has 28 heavy (non-hydrogen) atoms. The second-order valence-corrected chi connectivity index (χ2v) is 8.82. The fraction of sp³-hybridized carbons (Fsp3) is 0.500. The first-order valence-electron chi connectivity index (χ1n) is 8.59. The molecule has 2 N–H and O–H groups in total. The normalized spacial score (nSPS) is 11.4. The molecule has 0 aliphatic carbocycles. The molecule has 0 saturated carbocycles. The molecule has 0 bridgehead atoms. The van der Waals surface area contributed by atoms with E-state index in [0.29, 0.717) is 17.7 Å². The fourth-order valence-corrected chi connectivity index (χ4v) is 2.54. The molecule has 0 aromatic heterocycles. The number of anilines is 1. The van der Waals surface area contributed by atoms with Gasteiger partial charge in [-0.1, -0.05) is 0 Å². The van der Waals surface area contributed by atoms with Gasteiger partial charge in [-0.3, -0.25) is 14.3 Å². The van der Waals surface area contributed by atoms with Crippen LogP contribution in [0, 0.1) is 0 Å². The first-order chi connectivity index (χ1) is 12.9. The molecular formula is C18H26N2O7S. The zero-order chi connectivity index (χ0) is 21.4. The minimum atomic E-state index is -3.40. The number of rotatable bonds is 9. The van der Waals surface area contributed by atoms with Gasteiger partial charge in [0.05, 0.1) is 6.26 Å². The summed E-state index contributed by atoms with van der Waals surface area (Å²) < 4.78 is 34.5. The molecule has 10 heteroatoms. The Morgan fingerprint density at radius 1 is 1.07 bits per heavy atom. The van der Waals surface area contributed by atoms with Crippen molar-refractivity contribution in [3.8, 4) is 0 Å². The van der Waals surface area contributed by atoms with E-state index in [1.165, 1.54) is 24.3 Å². The fourth-order valence-electron chi connectivity index (χ4n) is 1.98. The minimum Gasteiger partial charge on any atom is -0.457 e. The van der Waals surface area contributed by atoms with Gasteiger partial charge in [0.2, 0.25) is 10.0 Å². The first-order valence-corrected chi connectivity index (χ1v) is 10.5. The van der Waals surface area contributed by atoms with Crippen molar-refractivity contribution in [1.29, 1.82) is 0 Å². The Bertz CT molecular complexity index is 796. The molecule has 156 valence electrons. The summed E-state index contributed by atoms with van der Waals surface area (Å²) in [5.74, 6) is -0.971. The highest BCUT2D eigenvalue weighted by Gasteiger charge is 2.16. The second-order valence-electron chi connectivity index (χ2n) is 7.07. The lowest BCUT2D eigenvalue weighted by Crippen LogP contribution is -2.33. The van der Waals surface area contributed by atoms with E-state index in [0.717, 1.165) is 6.26 Å². The Hall–Kier alpha value is -2.62. The average Bonchev–Trinajstić information content (AvgIpc) is 2.54. The van der Waals surface area contributed by atoms with Crippen LogP contribution >= 0.6 is 0 Å². The summed E-state index contributed by atoms with van der Waals surface area (Å²) >= 11 is 0. The van der Waals surface area contributed by atoms with Crippen molar-refractivity contribution in [3.63, 3.8) is 0 Å². The van der Waals surface area contributed by atoms with Crippen LogP contribution in [-0.2, 0) is 24.3 Å². The third kappa shape index (κ3) is 10.5. The maximum atomic E-state index is 12.0. The zero-order valence-electron chi connectivity index (χ0n) is 16.4. The summed E-state index contributed by atoms with van der Waals surface area (Å²) in [5, 5.41) is 2.52. The molecule has 0 saturated heterocycles. The highest BCUT2D eigenvalue weighted by Crippen LogP contribution is 2.11. The van der Waals surface area contributed by atoms with Crippen molar-refractivity contribution in [2.75, 3.05) is 24.1 Å². The lowest BCUT2D eigenvalue weighted by Gasteiger charge is -2.19. The smallest absolute Gasteiger partial charge is 0.407 e. The Labute approximate surface area is 164 Å². The predicted molar refractivity (Wildman–Crippen MR) is 104 cm³/mol. The van der Waals surface area contributed by atoms with Crippen LogP contribution in [0.3, 0.4) is 0 Å². The number of alkyl carbamates (subject to hydrolysis) is 1. The number of carbonyl (C=O) groups is 3. The Balaban J connectivity index is 2.31. The topological polar surface area (TPSA) is 128 Å². The van der Waals surface area contributed by atoms with Gasteiger partial charge >= 0.3 is 12.1 Å². The van der Waals surface area contributed by atoms with Crippen molar-refractivity contribution >= 4 is 33.6 Å². The van der Waals surface area contributed by atoms with Crippen molar-refractivity contribution in [2.45, 2.75) is 39.2 Å². The number of Topliss-reactive ketones (excluding diaryl/α,β-unsaturated/α-hetero) is 1. The molecule has 0 unspecified atom stereocenters. The number of sulfonamides is 1. The number of nitrogens with one attached hydrogen (secondary N) is 2. The van der Waals surface area contributed by atoms with Gasteiger partial charge in [0.25, 0.3) is 0 Å². The average molecular weight is 414 g/mol. The van der Waals surface area contributed by atoms with E-state index in [-0.39, 0.29) is 13.0 Å². The maximum absolute atomic E-state index is 12.0. The third-order valence-corrected chi connectivity index (χ3v) is 3.71. The SMILES string of the molecule is CC(C)(C)OC(=O)NCCCC(=O)OCC(=O)c1ccc(NS(C)(=O)=O)cc1. The number of amides is 1. The third-order valence-electron chi connectivity index (χ3n) is 3.10. The molecule has 0 heterocycles. The number of ketones is 1. The van der Waals surface area contributed by atoms with Crippen LogP contribution in [-0.4, -0.2) is 51.3 Å². The van der Waals surface area contributed by atoms with E-state index in [2.05, 4.69) is 10.0 Å². The summed E-state index contributed by atoms with van der Waals surface area (Å²) in [6.07, 6.45) is 0.845. The van der Waals surface area contributed by atoms with Crippen LogP contribution in [0.2, 0.25) is 0 Å². The number of ether oxygens (including phenoxy) is 2. The second kappa shape index (κ2) is 10.1. The molecule has 1 aromatic carbocycles. The summed E-state index contributed by atoms with van der Waals surface area (Å²) in [6.45, 7) is 5.06. The van der Waals surface area contributed by atoms with Gasteiger partial charge in [0.1, 0.15) is 5.60 Å². The van der Waals surface area contributed by atoms with Crippen LogP contribution in [0.4, 0.5) is 10.5 Å². The molecular weight excluding hydrogens is 388 g/mol.